The second kappa shape index (κ2) is 4.99. The Labute approximate surface area is 105 Å². The SMILES string of the molecule is CCN(C)C(=O)C(C)Nc1nccn2cnnc12. The van der Waals surface area contributed by atoms with Crippen LogP contribution in [-0.4, -0.2) is 50.0 Å². The first-order chi connectivity index (χ1) is 8.63. The molecule has 2 heterocycles. The molecule has 7 nitrogen and oxygen atoms in total. The highest BCUT2D eigenvalue weighted by Crippen LogP contribution is 2.11. The molecule has 96 valence electrons. The fourth-order valence-corrected chi connectivity index (χ4v) is 1.61. The van der Waals surface area contributed by atoms with Crippen LogP contribution in [0, 0.1) is 0 Å². The predicted molar refractivity (Wildman–Crippen MR) is 67.2 cm³/mol. The highest BCUT2D eigenvalue weighted by molar-refractivity contribution is 5.84. The Morgan fingerprint density at radius 1 is 1.61 bits per heavy atom. The average molecular weight is 248 g/mol. The maximum atomic E-state index is 11.9. The fourth-order valence-electron chi connectivity index (χ4n) is 1.61. The fraction of sp³-hybridized carbons (Fsp3) is 0.455. The molecule has 0 saturated carbocycles. The second-order valence-electron chi connectivity index (χ2n) is 4.06. The maximum Gasteiger partial charge on any atom is 0.244 e. The molecule has 2 rings (SSSR count). The monoisotopic (exact) mass is 248 g/mol. The number of nitrogens with one attached hydrogen (secondary N) is 1. The second-order valence-corrected chi connectivity index (χ2v) is 4.06. The maximum absolute atomic E-state index is 11.9. The lowest BCUT2D eigenvalue weighted by molar-refractivity contribution is -0.130. The molecule has 0 radical (unpaired) electrons. The van der Waals surface area contributed by atoms with Crippen LogP contribution in [0.15, 0.2) is 18.7 Å². The average Bonchev–Trinajstić information content (AvgIpc) is 2.86. The normalized spacial score (nSPS) is 12.4. The van der Waals surface area contributed by atoms with Crippen molar-refractivity contribution >= 4 is 17.4 Å². The third-order valence-electron chi connectivity index (χ3n) is 2.79. The van der Waals surface area contributed by atoms with Crippen molar-refractivity contribution in [2.75, 3.05) is 18.9 Å². The summed E-state index contributed by atoms with van der Waals surface area (Å²) in [7, 11) is 1.77. The van der Waals surface area contributed by atoms with Crippen LogP contribution in [0.4, 0.5) is 5.82 Å². The molecule has 1 N–H and O–H groups in total. The Kier molecular flexibility index (Phi) is 3.40. The number of hydrogen-bond acceptors (Lipinski definition) is 5. The summed E-state index contributed by atoms with van der Waals surface area (Å²) in [6.45, 7) is 4.41. The number of carbonyl (C=O) groups is 1. The summed E-state index contributed by atoms with van der Waals surface area (Å²) in [6, 6.07) is -0.356. The quantitative estimate of drug-likeness (QED) is 0.847. The van der Waals surface area contributed by atoms with Crippen LogP contribution < -0.4 is 5.32 Å². The molecule has 0 aliphatic carbocycles. The molecule has 0 spiro atoms. The van der Waals surface area contributed by atoms with Crippen molar-refractivity contribution in [3.05, 3.63) is 18.7 Å². The van der Waals surface area contributed by atoms with Gasteiger partial charge >= 0.3 is 0 Å². The topological polar surface area (TPSA) is 75.4 Å². The van der Waals surface area contributed by atoms with Crippen molar-refractivity contribution in [3.8, 4) is 0 Å². The predicted octanol–water partition coefficient (Wildman–Crippen LogP) is 0.403. The number of carbonyl (C=O) groups excluding carboxylic acids is 1. The standard InChI is InChI=1S/C11H16N6O/c1-4-16(3)11(18)8(2)14-9-10-15-13-7-17(10)6-5-12-9/h5-8H,4H2,1-3H3,(H,12,14). The van der Waals surface area contributed by atoms with Crippen molar-refractivity contribution in [1.82, 2.24) is 24.5 Å². The van der Waals surface area contributed by atoms with E-state index in [1.54, 1.807) is 42.0 Å². The molecular formula is C11H16N6O. The number of hydrogen-bond donors (Lipinski definition) is 1. The number of likely N-dealkylation sites (N-methyl/N-ethyl adjacent to an activating group) is 1. The van der Waals surface area contributed by atoms with E-state index in [-0.39, 0.29) is 11.9 Å². The number of anilines is 1. The van der Waals surface area contributed by atoms with Gasteiger partial charge in [-0.05, 0) is 13.8 Å². The smallest absolute Gasteiger partial charge is 0.244 e. The first kappa shape index (κ1) is 12.3. The Morgan fingerprint density at radius 3 is 3.11 bits per heavy atom. The molecule has 18 heavy (non-hydrogen) atoms. The highest BCUT2D eigenvalue weighted by atomic mass is 16.2. The molecular weight excluding hydrogens is 232 g/mol. The molecule has 0 fully saturated rings. The molecule has 1 atom stereocenters. The van der Waals surface area contributed by atoms with E-state index < -0.39 is 0 Å². The molecule has 0 bridgehead atoms. The Morgan fingerprint density at radius 2 is 2.39 bits per heavy atom. The van der Waals surface area contributed by atoms with E-state index in [1.807, 2.05) is 6.92 Å². The minimum atomic E-state index is -0.356. The summed E-state index contributed by atoms with van der Waals surface area (Å²) in [5, 5.41) is 10.8. The van der Waals surface area contributed by atoms with Gasteiger partial charge in [0.05, 0.1) is 0 Å². The summed E-state index contributed by atoms with van der Waals surface area (Å²) < 4.78 is 1.75. The minimum Gasteiger partial charge on any atom is -0.355 e. The lowest BCUT2D eigenvalue weighted by Gasteiger charge is -2.20. The van der Waals surface area contributed by atoms with Crippen LogP contribution in [0.25, 0.3) is 5.65 Å². The van der Waals surface area contributed by atoms with Crippen molar-refractivity contribution in [1.29, 1.82) is 0 Å². The minimum absolute atomic E-state index is 0.0146. The van der Waals surface area contributed by atoms with E-state index in [0.29, 0.717) is 18.0 Å². The Bertz CT molecular complexity index is 551. The van der Waals surface area contributed by atoms with E-state index in [4.69, 9.17) is 0 Å². The first-order valence-electron chi connectivity index (χ1n) is 5.79. The number of amides is 1. The third kappa shape index (κ3) is 2.24. The molecule has 0 aliphatic heterocycles. The van der Waals surface area contributed by atoms with Gasteiger partial charge in [-0.3, -0.25) is 9.20 Å². The number of aromatic nitrogens is 4. The lowest BCUT2D eigenvalue weighted by atomic mass is 10.3. The molecule has 2 aromatic heterocycles. The van der Waals surface area contributed by atoms with Gasteiger partial charge in [0.1, 0.15) is 12.4 Å². The van der Waals surface area contributed by atoms with Gasteiger partial charge in [-0.25, -0.2) is 4.98 Å². The largest absolute Gasteiger partial charge is 0.355 e. The Hall–Kier alpha value is -2.18. The van der Waals surface area contributed by atoms with E-state index >= 15 is 0 Å². The van der Waals surface area contributed by atoms with Crippen LogP contribution in [-0.2, 0) is 4.79 Å². The van der Waals surface area contributed by atoms with E-state index in [9.17, 15) is 4.79 Å². The number of rotatable bonds is 4. The summed E-state index contributed by atoms with van der Waals surface area (Å²) >= 11 is 0. The molecule has 0 saturated heterocycles. The van der Waals surface area contributed by atoms with E-state index in [0.717, 1.165) is 0 Å². The highest BCUT2D eigenvalue weighted by Gasteiger charge is 2.18. The van der Waals surface area contributed by atoms with Gasteiger partial charge in [-0.15, -0.1) is 10.2 Å². The Balaban J connectivity index is 2.18. The zero-order valence-electron chi connectivity index (χ0n) is 10.7. The van der Waals surface area contributed by atoms with Crippen LogP contribution >= 0.6 is 0 Å². The van der Waals surface area contributed by atoms with Crippen molar-refractivity contribution in [2.24, 2.45) is 0 Å². The third-order valence-corrected chi connectivity index (χ3v) is 2.79. The van der Waals surface area contributed by atoms with Crippen LogP contribution in [0.3, 0.4) is 0 Å². The molecule has 7 heteroatoms. The molecule has 1 unspecified atom stereocenters. The van der Waals surface area contributed by atoms with Crippen molar-refractivity contribution < 1.29 is 4.79 Å². The van der Waals surface area contributed by atoms with Crippen LogP contribution in [0.5, 0.6) is 0 Å². The summed E-state index contributed by atoms with van der Waals surface area (Å²) in [6.07, 6.45) is 4.98. The van der Waals surface area contributed by atoms with Gasteiger partial charge < -0.3 is 10.2 Å². The van der Waals surface area contributed by atoms with Gasteiger partial charge in [0, 0.05) is 26.0 Å². The summed E-state index contributed by atoms with van der Waals surface area (Å²) in [4.78, 5) is 17.8. The first-order valence-corrected chi connectivity index (χ1v) is 5.79. The molecule has 1 amide bonds. The molecule has 2 aromatic rings. The van der Waals surface area contributed by atoms with Crippen LogP contribution in [0.2, 0.25) is 0 Å². The van der Waals surface area contributed by atoms with Gasteiger partial charge in [0.15, 0.2) is 5.82 Å². The molecule has 0 aromatic carbocycles. The zero-order chi connectivity index (χ0) is 13.1. The van der Waals surface area contributed by atoms with Gasteiger partial charge in [-0.2, -0.15) is 0 Å². The van der Waals surface area contributed by atoms with Gasteiger partial charge in [0.25, 0.3) is 0 Å². The van der Waals surface area contributed by atoms with Crippen LogP contribution in [0.1, 0.15) is 13.8 Å². The number of nitrogens with zero attached hydrogens (tertiary/aromatic N) is 5. The summed E-state index contributed by atoms with van der Waals surface area (Å²) in [5.41, 5.74) is 0.608. The van der Waals surface area contributed by atoms with Crippen molar-refractivity contribution in [3.63, 3.8) is 0 Å². The summed E-state index contributed by atoms with van der Waals surface area (Å²) in [5.74, 6) is 0.571. The zero-order valence-corrected chi connectivity index (χ0v) is 10.7. The van der Waals surface area contributed by atoms with E-state index in [1.165, 1.54) is 0 Å². The van der Waals surface area contributed by atoms with Gasteiger partial charge in [-0.1, -0.05) is 0 Å². The van der Waals surface area contributed by atoms with Gasteiger partial charge in [0.2, 0.25) is 11.6 Å². The van der Waals surface area contributed by atoms with E-state index in [2.05, 4.69) is 20.5 Å². The lowest BCUT2D eigenvalue weighted by Crippen LogP contribution is -2.39. The molecule has 0 aliphatic rings. The van der Waals surface area contributed by atoms with Crippen molar-refractivity contribution in [2.45, 2.75) is 19.9 Å². The number of fused-ring (bicyclic) bond motifs is 1.